The van der Waals surface area contributed by atoms with Crippen molar-refractivity contribution in [3.8, 4) is 5.75 Å². The van der Waals surface area contributed by atoms with Crippen LogP contribution in [0.4, 0.5) is 5.69 Å². The summed E-state index contributed by atoms with van der Waals surface area (Å²) in [6, 6.07) is 5.93. The van der Waals surface area contributed by atoms with E-state index >= 15 is 0 Å². The van der Waals surface area contributed by atoms with Crippen LogP contribution in [-0.4, -0.2) is 55.3 Å². The van der Waals surface area contributed by atoms with Crippen LogP contribution < -0.4 is 9.64 Å². The molecule has 3 rings (SSSR count). The van der Waals surface area contributed by atoms with Crippen molar-refractivity contribution in [1.29, 1.82) is 0 Å². The molecule has 1 N–H and O–H groups in total. The number of piperidine rings is 1. The van der Waals surface area contributed by atoms with Crippen molar-refractivity contribution < 1.29 is 14.6 Å². The quantitative estimate of drug-likeness (QED) is 0.921. The predicted molar refractivity (Wildman–Crippen MR) is 89.9 cm³/mol. The standard InChI is InChI=1S/C18H26N2O3/c1-13-7-9-19(11-17(13)21)12-18(22)20-8-3-4-14-10-15(23-2)5-6-16(14)20/h5-6,10,13,17,21H,3-4,7-9,11-12H2,1-2H3. The SMILES string of the molecule is COc1ccc2c(c1)CCCN2C(=O)CN1CCC(C)C(O)C1. The van der Waals surface area contributed by atoms with Gasteiger partial charge in [0.2, 0.25) is 5.91 Å². The molecule has 2 heterocycles. The molecule has 23 heavy (non-hydrogen) atoms. The van der Waals surface area contributed by atoms with Gasteiger partial charge in [-0.15, -0.1) is 0 Å². The largest absolute Gasteiger partial charge is 0.497 e. The molecule has 126 valence electrons. The molecule has 1 aromatic carbocycles. The maximum absolute atomic E-state index is 12.7. The zero-order valence-electron chi connectivity index (χ0n) is 14.0. The number of aryl methyl sites for hydroxylation is 1. The Hall–Kier alpha value is -1.59. The zero-order chi connectivity index (χ0) is 16.4. The first-order valence-corrected chi connectivity index (χ1v) is 8.46. The van der Waals surface area contributed by atoms with E-state index in [0.29, 0.717) is 19.0 Å². The van der Waals surface area contributed by atoms with Crippen molar-refractivity contribution in [2.24, 2.45) is 5.92 Å². The van der Waals surface area contributed by atoms with E-state index in [4.69, 9.17) is 4.74 Å². The van der Waals surface area contributed by atoms with E-state index in [2.05, 4.69) is 11.8 Å². The second kappa shape index (κ2) is 6.89. The minimum atomic E-state index is -0.325. The molecule has 0 aliphatic carbocycles. The summed E-state index contributed by atoms with van der Waals surface area (Å²) in [6.45, 7) is 4.70. The number of aliphatic hydroxyl groups is 1. The fourth-order valence-corrected chi connectivity index (χ4v) is 3.49. The number of β-amino-alcohol motifs (C(OH)–C–C–N with tert-alkyl or cyclic N) is 1. The summed E-state index contributed by atoms with van der Waals surface area (Å²) in [6.07, 6.45) is 2.58. The average Bonchev–Trinajstić information content (AvgIpc) is 2.57. The fourth-order valence-electron chi connectivity index (χ4n) is 3.49. The van der Waals surface area contributed by atoms with Gasteiger partial charge in [-0.05, 0) is 55.5 Å². The lowest BCUT2D eigenvalue weighted by Crippen LogP contribution is -2.48. The molecular formula is C18H26N2O3. The summed E-state index contributed by atoms with van der Waals surface area (Å²) in [4.78, 5) is 16.7. The van der Waals surface area contributed by atoms with E-state index < -0.39 is 0 Å². The lowest BCUT2D eigenvalue weighted by atomic mass is 9.96. The predicted octanol–water partition coefficient (Wildman–Crippen LogP) is 1.68. The number of rotatable bonds is 3. The van der Waals surface area contributed by atoms with Gasteiger partial charge in [-0.1, -0.05) is 6.92 Å². The van der Waals surface area contributed by atoms with E-state index in [9.17, 15) is 9.90 Å². The number of hydrogen-bond donors (Lipinski definition) is 1. The number of aliphatic hydroxyl groups excluding tert-OH is 1. The van der Waals surface area contributed by atoms with Crippen LogP contribution in [0.3, 0.4) is 0 Å². The van der Waals surface area contributed by atoms with Crippen LogP contribution in [0.1, 0.15) is 25.3 Å². The van der Waals surface area contributed by atoms with Gasteiger partial charge in [0.05, 0.1) is 19.8 Å². The van der Waals surface area contributed by atoms with Gasteiger partial charge in [-0.25, -0.2) is 0 Å². The third-order valence-corrected chi connectivity index (χ3v) is 5.07. The third-order valence-electron chi connectivity index (χ3n) is 5.07. The van der Waals surface area contributed by atoms with Crippen molar-refractivity contribution in [2.75, 3.05) is 38.2 Å². The summed E-state index contributed by atoms with van der Waals surface area (Å²) in [5.41, 5.74) is 2.18. The molecule has 0 radical (unpaired) electrons. The highest BCUT2D eigenvalue weighted by atomic mass is 16.5. The maximum atomic E-state index is 12.7. The lowest BCUT2D eigenvalue weighted by molar-refractivity contribution is -0.120. The average molecular weight is 318 g/mol. The lowest BCUT2D eigenvalue weighted by Gasteiger charge is -2.36. The number of amides is 1. The van der Waals surface area contributed by atoms with Gasteiger partial charge in [0.25, 0.3) is 0 Å². The van der Waals surface area contributed by atoms with Crippen LogP contribution >= 0.6 is 0 Å². The fraction of sp³-hybridized carbons (Fsp3) is 0.611. The molecule has 1 aromatic rings. The van der Waals surface area contributed by atoms with E-state index in [1.54, 1.807) is 7.11 Å². The number of methoxy groups -OCH3 is 1. The van der Waals surface area contributed by atoms with E-state index in [-0.39, 0.29) is 12.0 Å². The summed E-state index contributed by atoms with van der Waals surface area (Å²) in [5.74, 6) is 1.29. The Bertz CT molecular complexity index is 575. The van der Waals surface area contributed by atoms with Gasteiger partial charge in [0, 0.05) is 18.8 Å². The van der Waals surface area contributed by atoms with Crippen LogP contribution in [0.15, 0.2) is 18.2 Å². The number of anilines is 1. The molecule has 1 saturated heterocycles. The molecule has 0 spiro atoms. The van der Waals surface area contributed by atoms with Crippen molar-refractivity contribution in [3.05, 3.63) is 23.8 Å². The van der Waals surface area contributed by atoms with Crippen molar-refractivity contribution in [2.45, 2.75) is 32.3 Å². The first-order valence-electron chi connectivity index (χ1n) is 8.46. The number of benzene rings is 1. The van der Waals surface area contributed by atoms with Crippen molar-refractivity contribution >= 4 is 11.6 Å². The summed E-state index contributed by atoms with van der Waals surface area (Å²) < 4.78 is 5.28. The van der Waals surface area contributed by atoms with Crippen molar-refractivity contribution in [3.63, 3.8) is 0 Å². The number of likely N-dealkylation sites (tertiary alicyclic amines) is 1. The molecule has 2 unspecified atom stereocenters. The number of hydrogen-bond acceptors (Lipinski definition) is 4. The van der Waals surface area contributed by atoms with Crippen LogP contribution in [0.5, 0.6) is 5.75 Å². The van der Waals surface area contributed by atoms with E-state index in [0.717, 1.165) is 43.8 Å². The molecule has 2 atom stereocenters. The minimum absolute atomic E-state index is 0.123. The summed E-state index contributed by atoms with van der Waals surface area (Å²) >= 11 is 0. The van der Waals surface area contributed by atoms with Crippen LogP contribution in [0, 0.1) is 5.92 Å². The molecule has 2 aliphatic rings. The molecule has 0 bridgehead atoms. The highest BCUT2D eigenvalue weighted by Crippen LogP contribution is 2.30. The van der Waals surface area contributed by atoms with E-state index in [1.165, 1.54) is 5.56 Å². The Kier molecular flexibility index (Phi) is 4.87. The summed E-state index contributed by atoms with van der Waals surface area (Å²) in [7, 11) is 1.66. The monoisotopic (exact) mass is 318 g/mol. The van der Waals surface area contributed by atoms with Crippen LogP contribution in [0.25, 0.3) is 0 Å². The Morgan fingerprint density at radius 2 is 2.22 bits per heavy atom. The molecule has 2 aliphatic heterocycles. The van der Waals surface area contributed by atoms with Crippen molar-refractivity contribution in [1.82, 2.24) is 4.90 Å². The van der Waals surface area contributed by atoms with Gasteiger partial charge >= 0.3 is 0 Å². The number of carbonyl (C=O) groups excluding carboxylic acids is 1. The Balaban J connectivity index is 1.69. The minimum Gasteiger partial charge on any atom is -0.497 e. The molecule has 0 aromatic heterocycles. The topological polar surface area (TPSA) is 53.0 Å². The van der Waals surface area contributed by atoms with Gasteiger partial charge in [-0.3, -0.25) is 9.69 Å². The number of carbonyl (C=O) groups is 1. The van der Waals surface area contributed by atoms with Crippen LogP contribution in [-0.2, 0) is 11.2 Å². The number of fused-ring (bicyclic) bond motifs is 1. The highest BCUT2D eigenvalue weighted by molar-refractivity contribution is 5.96. The highest BCUT2D eigenvalue weighted by Gasteiger charge is 2.28. The van der Waals surface area contributed by atoms with Gasteiger partial charge in [0.1, 0.15) is 5.75 Å². The van der Waals surface area contributed by atoms with Crippen LogP contribution in [0.2, 0.25) is 0 Å². The molecular weight excluding hydrogens is 292 g/mol. The van der Waals surface area contributed by atoms with Gasteiger partial charge in [-0.2, -0.15) is 0 Å². The smallest absolute Gasteiger partial charge is 0.241 e. The third kappa shape index (κ3) is 3.51. The Morgan fingerprint density at radius 1 is 1.39 bits per heavy atom. The molecule has 5 nitrogen and oxygen atoms in total. The zero-order valence-corrected chi connectivity index (χ0v) is 14.0. The molecule has 1 fully saturated rings. The molecule has 5 heteroatoms. The van der Waals surface area contributed by atoms with Gasteiger partial charge < -0.3 is 14.7 Å². The maximum Gasteiger partial charge on any atom is 0.241 e. The van der Waals surface area contributed by atoms with E-state index in [1.807, 2.05) is 23.1 Å². The first kappa shape index (κ1) is 16.3. The second-order valence-electron chi connectivity index (χ2n) is 6.71. The Morgan fingerprint density at radius 3 is 2.96 bits per heavy atom. The molecule has 1 amide bonds. The van der Waals surface area contributed by atoms with Gasteiger partial charge in [0.15, 0.2) is 0 Å². The Labute approximate surface area is 137 Å². The molecule has 0 saturated carbocycles. The second-order valence-corrected chi connectivity index (χ2v) is 6.71. The number of ether oxygens (including phenoxy) is 1. The normalized spacial score (nSPS) is 25.1. The number of nitrogens with zero attached hydrogens (tertiary/aromatic N) is 2. The first-order chi connectivity index (χ1) is 11.1. The summed E-state index contributed by atoms with van der Waals surface area (Å²) in [5, 5.41) is 10.0.